The predicted molar refractivity (Wildman–Crippen MR) is 104 cm³/mol. The molecule has 8 nitrogen and oxygen atoms in total. The van der Waals surface area contributed by atoms with Crippen LogP contribution in [0.25, 0.3) is 0 Å². The van der Waals surface area contributed by atoms with Crippen LogP contribution >= 0.6 is 11.6 Å². The molecule has 0 bridgehead atoms. The van der Waals surface area contributed by atoms with Gasteiger partial charge in [-0.3, -0.25) is 4.79 Å². The summed E-state index contributed by atoms with van der Waals surface area (Å²) in [5, 5.41) is 6.23. The number of carbonyl (C=O) groups excluding carboxylic acids is 1. The van der Waals surface area contributed by atoms with E-state index in [4.69, 9.17) is 25.8 Å². The van der Waals surface area contributed by atoms with Crippen molar-refractivity contribution < 1.29 is 19.0 Å². The fourth-order valence-electron chi connectivity index (χ4n) is 2.59. The smallest absolute Gasteiger partial charge is 0.274 e. The van der Waals surface area contributed by atoms with Crippen LogP contribution in [0.1, 0.15) is 10.5 Å². The third-order valence-electron chi connectivity index (χ3n) is 3.93. The van der Waals surface area contributed by atoms with Crippen LogP contribution in [0, 0.1) is 0 Å². The Hall–Kier alpha value is -3.52. The van der Waals surface area contributed by atoms with E-state index in [1.807, 2.05) is 0 Å². The van der Waals surface area contributed by atoms with Gasteiger partial charge in [0.25, 0.3) is 5.91 Å². The molecule has 3 aromatic rings. The fraction of sp³-hybridized carbons (Fsp3) is 0.105. The number of nitrogens with zero attached hydrogens (tertiary/aromatic N) is 2. The van der Waals surface area contributed by atoms with Crippen LogP contribution in [0.2, 0.25) is 5.02 Å². The Morgan fingerprint density at radius 3 is 2.75 bits per heavy atom. The summed E-state index contributed by atoms with van der Waals surface area (Å²) in [5.41, 5.74) is 1.44. The maximum Gasteiger partial charge on any atom is 0.274 e. The van der Waals surface area contributed by atoms with Crippen molar-refractivity contribution in [3.63, 3.8) is 0 Å². The predicted octanol–water partition coefficient (Wildman–Crippen LogP) is 3.86. The van der Waals surface area contributed by atoms with Gasteiger partial charge >= 0.3 is 0 Å². The zero-order chi connectivity index (χ0) is 19.5. The van der Waals surface area contributed by atoms with E-state index in [9.17, 15) is 4.79 Å². The minimum atomic E-state index is -0.378. The van der Waals surface area contributed by atoms with Gasteiger partial charge < -0.3 is 24.8 Å². The second-order valence-corrected chi connectivity index (χ2v) is 6.17. The van der Waals surface area contributed by atoms with Gasteiger partial charge in [0.2, 0.25) is 12.7 Å². The number of anilines is 3. The van der Waals surface area contributed by atoms with Crippen molar-refractivity contribution in [3.8, 4) is 17.2 Å². The van der Waals surface area contributed by atoms with Crippen LogP contribution in [0.15, 0.2) is 48.7 Å². The molecule has 0 saturated carbocycles. The zero-order valence-corrected chi connectivity index (χ0v) is 15.5. The molecule has 1 aliphatic rings. The molecule has 0 aliphatic carbocycles. The Labute approximate surface area is 165 Å². The first-order valence-corrected chi connectivity index (χ1v) is 8.65. The van der Waals surface area contributed by atoms with Crippen molar-refractivity contribution in [1.29, 1.82) is 0 Å². The summed E-state index contributed by atoms with van der Waals surface area (Å²) in [6.45, 7) is 0.170. The molecule has 0 radical (unpaired) electrons. The van der Waals surface area contributed by atoms with Gasteiger partial charge in [-0.05, 0) is 36.4 Å². The van der Waals surface area contributed by atoms with E-state index in [-0.39, 0.29) is 24.3 Å². The molecule has 2 aromatic carbocycles. The van der Waals surface area contributed by atoms with Gasteiger partial charge in [0.15, 0.2) is 11.5 Å². The first-order chi connectivity index (χ1) is 13.6. The molecule has 0 unspecified atom stereocenters. The molecule has 0 fully saturated rings. The fourth-order valence-corrected chi connectivity index (χ4v) is 2.85. The molecule has 28 heavy (non-hydrogen) atoms. The standard InChI is InChI=1S/C19H15ClN4O4/c1-26-15-4-2-11(8-13(15)20)23-19-21-7-6-14(24-19)18(25)22-12-3-5-16-17(9-12)28-10-27-16/h2-9H,10H2,1H3,(H,22,25)(H,21,23,24). The molecule has 4 rings (SSSR count). The van der Waals surface area contributed by atoms with Crippen molar-refractivity contribution in [3.05, 3.63) is 59.4 Å². The average Bonchev–Trinajstić information content (AvgIpc) is 3.16. The first-order valence-electron chi connectivity index (χ1n) is 8.27. The van der Waals surface area contributed by atoms with Crippen LogP contribution in [0.3, 0.4) is 0 Å². The number of fused-ring (bicyclic) bond motifs is 1. The molecule has 9 heteroatoms. The Morgan fingerprint density at radius 2 is 1.93 bits per heavy atom. The molecule has 2 heterocycles. The minimum absolute atomic E-state index is 0.170. The summed E-state index contributed by atoms with van der Waals surface area (Å²) in [6, 6.07) is 11.9. The summed E-state index contributed by atoms with van der Waals surface area (Å²) in [4.78, 5) is 20.9. The Balaban J connectivity index is 1.48. The van der Waals surface area contributed by atoms with Crippen molar-refractivity contribution in [1.82, 2.24) is 9.97 Å². The summed E-state index contributed by atoms with van der Waals surface area (Å²) >= 11 is 6.12. The summed E-state index contributed by atoms with van der Waals surface area (Å²) < 4.78 is 15.7. The van der Waals surface area contributed by atoms with Crippen LogP contribution < -0.4 is 24.8 Å². The molecule has 1 amide bonds. The Morgan fingerprint density at radius 1 is 1.11 bits per heavy atom. The lowest BCUT2D eigenvalue weighted by Gasteiger charge is -2.09. The highest BCUT2D eigenvalue weighted by molar-refractivity contribution is 6.32. The van der Waals surface area contributed by atoms with Gasteiger partial charge in [0.05, 0.1) is 12.1 Å². The summed E-state index contributed by atoms with van der Waals surface area (Å²) in [6.07, 6.45) is 1.50. The highest BCUT2D eigenvalue weighted by Crippen LogP contribution is 2.34. The molecule has 0 spiro atoms. The normalized spacial score (nSPS) is 11.8. The molecule has 142 valence electrons. The number of methoxy groups -OCH3 is 1. The third-order valence-corrected chi connectivity index (χ3v) is 4.22. The van der Waals surface area contributed by atoms with Crippen LogP contribution in [-0.4, -0.2) is 29.8 Å². The van der Waals surface area contributed by atoms with E-state index in [2.05, 4.69) is 20.6 Å². The highest BCUT2D eigenvalue weighted by atomic mass is 35.5. The molecule has 1 aromatic heterocycles. The van der Waals surface area contributed by atoms with Gasteiger partial charge in [-0.2, -0.15) is 0 Å². The summed E-state index contributed by atoms with van der Waals surface area (Å²) in [7, 11) is 1.54. The number of hydrogen-bond acceptors (Lipinski definition) is 7. The lowest BCUT2D eigenvalue weighted by atomic mass is 10.2. The number of aromatic nitrogens is 2. The number of rotatable bonds is 5. The number of hydrogen-bond donors (Lipinski definition) is 2. The third kappa shape index (κ3) is 3.77. The van der Waals surface area contributed by atoms with Crippen LogP contribution in [-0.2, 0) is 0 Å². The van der Waals surface area contributed by atoms with E-state index in [0.29, 0.717) is 33.6 Å². The largest absolute Gasteiger partial charge is 0.495 e. The average molecular weight is 399 g/mol. The molecule has 0 atom stereocenters. The van der Waals surface area contributed by atoms with E-state index in [1.54, 1.807) is 43.5 Å². The van der Waals surface area contributed by atoms with Crippen LogP contribution in [0.4, 0.5) is 17.3 Å². The summed E-state index contributed by atoms with van der Waals surface area (Å²) in [5.74, 6) is 1.67. The number of halogens is 1. The topological polar surface area (TPSA) is 94.6 Å². The number of ether oxygens (including phenoxy) is 3. The number of nitrogens with one attached hydrogen (secondary N) is 2. The highest BCUT2D eigenvalue weighted by Gasteiger charge is 2.15. The van der Waals surface area contributed by atoms with Gasteiger partial charge in [-0.1, -0.05) is 11.6 Å². The Kier molecular flexibility index (Phi) is 4.86. The minimum Gasteiger partial charge on any atom is -0.495 e. The van der Waals surface area contributed by atoms with E-state index < -0.39 is 0 Å². The second kappa shape index (κ2) is 7.61. The maximum atomic E-state index is 12.5. The van der Waals surface area contributed by atoms with E-state index >= 15 is 0 Å². The van der Waals surface area contributed by atoms with Crippen molar-refractivity contribution in [2.45, 2.75) is 0 Å². The van der Waals surface area contributed by atoms with Gasteiger partial charge in [0, 0.05) is 23.6 Å². The molecule has 1 aliphatic heterocycles. The molecule has 0 saturated heterocycles. The quantitative estimate of drug-likeness (QED) is 0.673. The number of benzene rings is 2. The second-order valence-electron chi connectivity index (χ2n) is 5.76. The van der Waals surface area contributed by atoms with E-state index in [0.717, 1.165) is 0 Å². The zero-order valence-electron chi connectivity index (χ0n) is 14.7. The van der Waals surface area contributed by atoms with Crippen molar-refractivity contribution >= 4 is 34.8 Å². The number of amides is 1. The molecular formula is C19H15ClN4O4. The van der Waals surface area contributed by atoms with E-state index in [1.165, 1.54) is 12.3 Å². The lowest BCUT2D eigenvalue weighted by Crippen LogP contribution is -2.14. The number of carbonyl (C=O) groups is 1. The Bertz CT molecular complexity index is 1040. The van der Waals surface area contributed by atoms with Gasteiger partial charge in [0.1, 0.15) is 11.4 Å². The van der Waals surface area contributed by atoms with Crippen molar-refractivity contribution in [2.75, 3.05) is 24.5 Å². The van der Waals surface area contributed by atoms with Gasteiger partial charge in [-0.25, -0.2) is 9.97 Å². The lowest BCUT2D eigenvalue weighted by molar-refractivity contribution is 0.102. The maximum absolute atomic E-state index is 12.5. The molecule has 2 N–H and O–H groups in total. The first kappa shape index (κ1) is 17.9. The monoisotopic (exact) mass is 398 g/mol. The van der Waals surface area contributed by atoms with Crippen LogP contribution in [0.5, 0.6) is 17.2 Å². The SMILES string of the molecule is COc1ccc(Nc2nccc(C(=O)Nc3ccc4c(c3)OCO4)n2)cc1Cl. The van der Waals surface area contributed by atoms with Crippen molar-refractivity contribution in [2.24, 2.45) is 0 Å². The molecular weight excluding hydrogens is 384 g/mol. The van der Waals surface area contributed by atoms with Gasteiger partial charge in [-0.15, -0.1) is 0 Å².